The van der Waals surface area contributed by atoms with Gasteiger partial charge in [0, 0.05) is 12.0 Å². The molecule has 2 heterocycles. The second kappa shape index (κ2) is 4.48. The molecule has 4 nitrogen and oxygen atoms in total. The van der Waals surface area contributed by atoms with E-state index in [0.717, 1.165) is 23.1 Å². The Bertz CT molecular complexity index is 593. The highest BCUT2D eigenvalue weighted by molar-refractivity contribution is 7.19. The highest BCUT2D eigenvalue weighted by Gasteiger charge is 2.21. The Morgan fingerprint density at radius 2 is 2.06 bits per heavy atom. The summed E-state index contributed by atoms with van der Waals surface area (Å²) in [4.78, 5) is 11.5. The summed E-state index contributed by atoms with van der Waals surface area (Å²) in [6, 6.07) is 0. The third-order valence-corrected chi connectivity index (χ3v) is 4.76. The molecule has 1 atom stereocenters. The topological polar surface area (TPSA) is 61.0 Å². The Morgan fingerprint density at radius 1 is 1.28 bits per heavy atom. The fourth-order valence-corrected chi connectivity index (χ4v) is 3.77. The van der Waals surface area contributed by atoms with E-state index in [9.17, 15) is 0 Å². The zero-order valence-electron chi connectivity index (χ0n) is 10.7. The van der Waals surface area contributed by atoms with E-state index in [1.807, 2.05) is 6.92 Å². The highest BCUT2D eigenvalue weighted by atomic mass is 32.1. The van der Waals surface area contributed by atoms with Crippen LogP contribution in [0.2, 0.25) is 0 Å². The van der Waals surface area contributed by atoms with Crippen LogP contribution in [-0.2, 0) is 17.6 Å². The van der Waals surface area contributed by atoms with Crippen LogP contribution in [0.5, 0.6) is 0 Å². The number of nitrogens with zero attached hydrogens (tertiary/aromatic N) is 2. The molecule has 0 saturated heterocycles. The number of anilines is 1. The Labute approximate surface area is 110 Å². The molecule has 0 fully saturated rings. The average molecular weight is 263 g/mol. The predicted octanol–water partition coefficient (Wildman–Crippen LogP) is 2.86. The van der Waals surface area contributed by atoms with E-state index in [2.05, 4.69) is 9.97 Å². The van der Waals surface area contributed by atoms with Crippen molar-refractivity contribution in [2.75, 3.05) is 12.8 Å². The number of thiophene rings is 1. The van der Waals surface area contributed by atoms with Gasteiger partial charge in [-0.3, -0.25) is 0 Å². The van der Waals surface area contributed by atoms with E-state index in [0.29, 0.717) is 11.6 Å². The van der Waals surface area contributed by atoms with Crippen molar-refractivity contribution < 1.29 is 4.74 Å². The third kappa shape index (κ3) is 1.78. The van der Waals surface area contributed by atoms with E-state index in [-0.39, 0.29) is 6.10 Å². The zero-order valence-corrected chi connectivity index (χ0v) is 11.5. The van der Waals surface area contributed by atoms with Crippen molar-refractivity contribution in [3.63, 3.8) is 0 Å². The first-order valence-corrected chi connectivity index (χ1v) is 7.12. The summed E-state index contributed by atoms with van der Waals surface area (Å²) in [5.41, 5.74) is 7.50. The summed E-state index contributed by atoms with van der Waals surface area (Å²) >= 11 is 1.77. The fourth-order valence-electron chi connectivity index (χ4n) is 2.49. The maximum absolute atomic E-state index is 6.12. The lowest BCUT2D eigenvalue weighted by atomic mass is 9.97. The van der Waals surface area contributed by atoms with Gasteiger partial charge in [-0.15, -0.1) is 11.3 Å². The smallest absolute Gasteiger partial charge is 0.160 e. The summed E-state index contributed by atoms with van der Waals surface area (Å²) in [7, 11) is 1.66. The van der Waals surface area contributed by atoms with Gasteiger partial charge in [-0.05, 0) is 38.2 Å². The second-order valence-electron chi connectivity index (χ2n) is 4.74. The van der Waals surface area contributed by atoms with Crippen LogP contribution in [0.25, 0.3) is 10.2 Å². The van der Waals surface area contributed by atoms with Crippen molar-refractivity contribution in [3.05, 3.63) is 16.3 Å². The lowest BCUT2D eigenvalue weighted by Gasteiger charge is -2.11. The summed E-state index contributed by atoms with van der Waals surface area (Å²) in [5, 5.41) is 1.08. The molecule has 5 heteroatoms. The number of nitrogen functional groups attached to an aromatic ring is 1. The number of hydrogen-bond acceptors (Lipinski definition) is 5. The molecular weight excluding hydrogens is 246 g/mol. The van der Waals surface area contributed by atoms with Gasteiger partial charge in [-0.1, -0.05) is 0 Å². The number of ether oxygens (including phenoxy) is 1. The molecule has 1 aliphatic rings. The molecule has 0 amide bonds. The summed E-state index contributed by atoms with van der Waals surface area (Å²) in [6.07, 6.45) is 4.67. The summed E-state index contributed by atoms with van der Waals surface area (Å²) < 4.78 is 5.27. The number of fused-ring (bicyclic) bond motifs is 3. The van der Waals surface area contributed by atoms with Gasteiger partial charge in [0.25, 0.3) is 0 Å². The number of aromatic nitrogens is 2. The molecule has 18 heavy (non-hydrogen) atoms. The van der Waals surface area contributed by atoms with E-state index >= 15 is 0 Å². The molecule has 0 spiro atoms. The van der Waals surface area contributed by atoms with Crippen LogP contribution < -0.4 is 5.73 Å². The van der Waals surface area contributed by atoms with Crippen molar-refractivity contribution in [1.82, 2.24) is 9.97 Å². The largest absolute Gasteiger partial charge is 0.383 e. The molecule has 1 unspecified atom stereocenters. The maximum Gasteiger partial charge on any atom is 0.160 e. The van der Waals surface area contributed by atoms with Crippen molar-refractivity contribution in [2.24, 2.45) is 0 Å². The molecule has 2 aromatic rings. The average Bonchev–Trinajstić information content (AvgIpc) is 2.76. The molecule has 1 aliphatic carbocycles. The zero-order chi connectivity index (χ0) is 12.7. The molecule has 0 aliphatic heterocycles. The summed E-state index contributed by atoms with van der Waals surface area (Å²) in [5.74, 6) is 1.29. The number of aryl methyl sites for hydroxylation is 2. The van der Waals surface area contributed by atoms with Crippen molar-refractivity contribution in [1.29, 1.82) is 0 Å². The maximum atomic E-state index is 6.12. The third-order valence-electron chi connectivity index (χ3n) is 3.58. The van der Waals surface area contributed by atoms with Crippen molar-refractivity contribution >= 4 is 27.4 Å². The molecular formula is C13H17N3OS. The molecule has 0 bridgehead atoms. The Hall–Kier alpha value is -1.20. The van der Waals surface area contributed by atoms with E-state index in [1.165, 1.54) is 23.3 Å². The van der Waals surface area contributed by atoms with Crippen LogP contribution in [0.4, 0.5) is 5.82 Å². The molecule has 0 saturated carbocycles. The Kier molecular flexibility index (Phi) is 2.95. The standard InChI is InChI=1S/C13H17N3OS/c1-7(17-2)12-15-11(14)10-8-5-3-4-6-9(8)18-13(10)16-12/h7H,3-6H2,1-2H3,(H2,14,15,16). The van der Waals surface area contributed by atoms with Crippen LogP contribution >= 0.6 is 11.3 Å². The monoisotopic (exact) mass is 263 g/mol. The second-order valence-corrected chi connectivity index (χ2v) is 5.82. The van der Waals surface area contributed by atoms with Crippen molar-refractivity contribution in [3.8, 4) is 0 Å². The molecule has 2 N–H and O–H groups in total. The lowest BCUT2D eigenvalue weighted by Crippen LogP contribution is -2.06. The first-order valence-electron chi connectivity index (χ1n) is 6.31. The van der Waals surface area contributed by atoms with Crippen molar-refractivity contribution in [2.45, 2.75) is 38.7 Å². The highest BCUT2D eigenvalue weighted by Crippen LogP contribution is 2.38. The number of methoxy groups -OCH3 is 1. The van der Waals surface area contributed by atoms with Crippen LogP contribution in [0.15, 0.2) is 0 Å². The lowest BCUT2D eigenvalue weighted by molar-refractivity contribution is 0.112. The minimum atomic E-state index is -0.115. The number of nitrogens with two attached hydrogens (primary N) is 1. The van der Waals surface area contributed by atoms with Gasteiger partial charge >= 0.3 is 0 Å². The Balaban J connectivity index is 2.20. The molecule has 2 aromatic heterocycles. The van der Waals surface area contributed by atoms with Gasteiger partial charge in [-0.25, -0.2) is 9.97 Å². The number of rotatable bonds is 2. The quantitative estimate of drug-likeness (QED) is 0.905. The fraction of sp³-hybridized carbons (Fsp3) is 0.538. The normalized spacial score (nSPS) is 16.8. The van der Waals surface area contributed by atoms with E-state index in [4.69, 9.17) is 10.5 Å². The van der Waals surface area contributed by atoms with Crippen LogP contribution in [0.3, 0.4) is 0 Å². The minimum Gasteiger partial charge on any atom is -0.383 e. The number of hydrogen-bond donors (Lipinski definition) is 1. The molecule has 0 radical (unpaired) electrons. The first-order chi connectivity index (χ1) is 8.70. The van der Waals surface area contributed by atoms with Gasteiger partial charge < -0.3 is 10.5 Å². The van der Waals surface area contributed by atoms with Crippen LogP contribution in [0, 0.1) is 0 Å². The molecule has 3 rings (SSSR count). The Morgan fingerprint density at radius 3 is 2.83 bits per heavy atom. The van der Waals surface area contributed by atoms with Crippen LogP contribution in [0.1, 0.15) is 42.1 Å². The van der Waals surface area contributed by atoms with Gasteiger partial charge in [0.1, 0.15) is 16.8 Å². The van der Waals surface area contributed by atoms with Gasteiger partial charge in [0.05, 0.1) is 5.39 Å². The van der Waals surface area contributed by atoms with E-state index in [1.54, 1.807) is 18.4 Å². The molecule has 96 valence electrons. The van der Waals surface area contributed by atoms with Crippen LogP contribution in [-0.4, -0.2) is 17.1 Å². The van der Waals surface area contributed by atoms with Gasteiger partial charge in [0.15, 0.2) is 5.82 Å². The van der Waals surface area contributed by atoms with E-state index < -0.39 is 0 Å². The first kappa shape index (κ1) is 11.9. The minimum absolute atomic E-state index is 0.115. The van der Waals surface area contributed by atoms with Gasteiger partial charge in [-0.2, -0.15) is 0 Å². The molecule has 0 aromatic carbocycles. The van der Waals surface area contributed by atoms with Gasteiger partial charge in [0.2, 0.25) is 0 Å². The summed E-state index contributed by atoms with van der Waals surface area (Å²) in [6.45, 7) is 1.94. The predicted molar refractivity (Wildman–Crippen MR) is 73.9 cm³/mol. The SMILES string of the molecule is COC(C)c1nc(N)c2c3c(sc2n1)CCCC3.